The highest BCUT2D eigenvalue weighted by atomic mass is 32.2. The minimum atomic E-state index is -3.22. The van der Waals surface area contributed by atoms with E-state index < -0.39 is 9.84 Å². The summed E-state index contributed by atoms with van der Waals surface area (Å²) in [6.45, 7) is 3.24. The third-order valence-corrected chi connectivity index (χ3v) is 4.33. The molecule has 5 nitrogen and oxygen atoms in total. The standard InChI is InChI=1S/C13H21N3O2S/c1-10(8-11-4-3-7-14-11)16-12-5-6-13(15-9-12)19(2,17)18/h5-6,9-11,14,16H,3-4,7-8H2,1-2H3. The van der Waals surface area contributed by atoms with Gasteiger partial charge in [-0.25, -0.2) is 13.4 Å². The average molecular weight is 283 g/mol. The molecule has 0 radical (unpaired) electrons. The third-order valence-electron chi connectivity index (χ3n) is 3.33. The van der Waals surface area contributed by atoms with Crippen LogP contribution in [0.4, 0.5) is 5.69 Å². The van der Waals surface area contributed by atoms with Gasteiger partial charge in [0.05, 0.1) is 11.9 Å². The van der Waals surface area contributed by atoms with Crippen LogP contribution in [0.3, 0.4) is 0 Å². The molecule has 1 fully saturated rings. The van der Waals surface area contributed by atoms with E-state index in [1.165, 1.54) is 18.9 Å². The zero-order valence-electron chi connectivity index (χ0n) is 11.4. The highest BCUT2D eigenvalue weighted by Gasteiger charge is 2.17. The summed E-state index contributed by atoms with van der Waals surface area (Å²) >= 11 is 0. The Morgan fingerprint density at radius 3 is 2.84 bits per heavy atom. The van der Waals surface area contributed by atoms with Crippen LogP contribution in [0.25, 0.3) is 0 Å². The van der Waals surface area contributed by atoms with Crippen molar-refractivity contribution < 1.29 is 8.42 Å². The number of pyridine rings is 1. The summed E-state index contributed by atoms with van der Waals surface area (Å²) in [5.74, 6) is 0. The second-order valence-corrected chi connectivity index (χ2v) is 7.19. The van der Waals surface area contributed by atoms with Gasteiger partial charge in [-0.1, -0.05) is 0 Å². The summed E-state index contributed by atoms with van der Waals surface area (Å²) < 4.78 is 22.6. The first-order valence-corrected chi connectivity index (χ1v) is 8.50. The number of aromatic nitrogens is 1. The Morgan fingerprint density at radius 1 is 1.53 bits per heavy atom. The maximum Gasteiger partial charge on any atom is 0.192 e. The van der Waals surface area contributed by atoms with Gasteiger partial charge in [-0.15, -0.1) is 0 Å². The lowest BCUT2D eigenvalue weighted by Crippen LogP contribution is -2.29. The molecule has 1 aliphatic heterocycles. The SMILES string of the molecule is CC(CC1CCCN1)Nc1ccc(S(C)(=O)=O)nc1. The van der Waals surface area contributed by atoms with Gasteiger partial charge in [0.2, 0.25) is 0 Å². The molecule has 1 aromatic heterocycles. The van der Waals surface area contributed by atoms with Crippen LogP contribution in [0.1, 0.15) is 26.2 Å². The molecule has 0 bridgehead atoms. The maximum absolute atomic E-state index is 11.3. The molecule has 2 heterocycles. The van der Waals surface area contributed by atoms with Gasteiger partial charge < -0.3 is 10.6 Å². The molecule has 1 aromatic rings. The molecule has 0 aliphatic carbocycles. The fraction of sp³-hybridized carbons (Fsp3) is 0.615. The lowest BCUT2D eigenvalue weighted by molar-refractivity contribution is 0.523. The normalized spacial score (nSPS) is 21.3. The minimum absolute atomic E-state index is 0.114. The lowest BCUT2D eigenvalue weighted by Gasteiger charge is -2.19. The smallest absolute Gasteiger partial charge is 0.192 e. The number of rotatable bonds is 5. The van der Waals surface area contributed by atoms with Crippen LogP contribution in [0.15, 0.2) is 23.4 Å². The molecular formula is C13H21N3O2S. The minimum Gasteiger partial charge on any atom is -0.381 e. The van der Waals surface area contributed by atoms with Crippen LogP contribution in [-0.2, 0) is 9.84 Å². The summed E-state index contributed by atoms with van der Waals surface area (Å²) in [4.78, 5) is 3.97. The second kappa shape index (κ2) is 5.88. The summed E-state index contributed by atoms with van der Waals surface area (Å²) in [5.41, 5.74) is 0.859. The fourth-order valence-electron chi connectivity index (χ4n) is 2.41. The highest BCUT2D eigenvalue weighted by Crippen LogP contribution is 2.15. The molecule has 2 rings (SSSR count). The fourth-order valence-corrected chi connectivity index (χ4v) is 2.97. The van der Waals surface area contributed by atoms with E-state index in [0.717, 1.165) is 24.9 Å². The van der Waals surface area contributed by atoms with E-state index in [0.29, 0.717) is 12.1 Å². The van der Waals surface area contributed by atoms with E-state index in [4.69, 9.17) is 0 Å². The van der Waals surface area contributed by atoms with Crippen molar-refractivity contribution in [2.24, 2.45) is 0 Å². The van der Waals surface area contributed by atoms with E-state index >= 15 is 0 Å². The van der Waals surface area contributed by atoms with Crippen molar-refractivity contribution in [1.29, 1.82) is 0 Å². The van der Waals surface area contributed by atoms with Gasteiger partial charge in [0, 0.05) is 18.3 Å². The maximum atomic E-state index is 11.3. The molecule has 2 N–H and O–H groups in total. The first-order chi connectivity index (χ1) is 8.95. The van der Waals surface area contributed by atoms with Crippen LogP contribution in [0, 0.1) is 0 Å². The Kier molecular flexibility index (Phi) is 4.42. The monoisotopic (exact) mass is 283 g/mol. The summed E-state index contributed by atoms with van der Waals surface area (Å²) in [6, 6.07) is 4.23. The molecule has 2 atom stereocenters. The molecule has 0 amide bonds. The lowest BCUT2D eigenvalue weighted by atomic mass is 10.1. The zero-order chi connectivity index (χ0) is 13.9. The number of nitrogens with one attached hydrogen (secondary N) is 2. The molecule has 1 aliphatic rings. The number of anilines is 1. The van der Waals surface area contributed by atoms with Crippen molar-refractivity contribution in [3.63, 3.8) is 0 Å². The molecule has 6 heteroatoms. The average Bonchev–Trinajstić information content (AvgIpc) is 2.81. The van der Waals surface area contributed by atoms with Crippen molar-refractivity contribution in [2.75, 3.05) is 18.1 Å². The number of hydrogen-bond donors (Lipinski definition) is 2. The van der Waals surface area contributed by atoms with E-state index in [-0.39, 0.29) is 5.03 Å². The number of hydrogen-bond acceptors (Lipinski definition) is 5. The van der Waals surface area contributed by atoms with Crippen LogP contribution in [0.2, 0.25) is 0 Å². The summed E-state index contributed by atoms with van der Waals surface area (Å²) in [6.07, 6.45) is 6.29. The van der Waals surface area contributed by atoms with Crippen molar-refractivity contribution >= 4 is 15.5 Å². The molecule has 19 heavy (non-hydrogen) atoms. The van der Waals surface area contributed by atoms with Gasteiger partial charge in [0.15, 0.2) is 14.9 Å². The third kappa shape index (κ3) is 4.18. The number of sulfone groups is 1. The summed E-state index contributed by atoms with van der Waals surface area (Å²) in [7, 11) is -3.22. The first kappa shape index (κ1) is 14.3. The van der Waals surface area contributed by atoms with Crippen molar-refractivity contribution in [2.45, 2.75) is 43.3 Å². The Labute approximate surface area is 114 Å². The van der Waals surface area contributed by atoms with Crippen molar-refractivity contribution in [3.05, 3.63) is 18.3 Å². The quantitative estimate of drug-likeness (QED) is 0.855. The Balaban J connectivity index is 1.91. The second-order valence-electron chi connectivity index (χ2n) is 5.23. The van der Waals surface area contributed by atoms with Gasteiger partial charge in [-0.05, 0) is 44.9 Å². The Bertz CT molecular complexity index is 507. The van der Waals surface area contributed by atoms with Gasteiger partial charge >= 0.3 is 0 Å². The molecule has 2 unspecified atom stereocenters. The van der Waals surface area contributed by atoms with Gasteiger partial charge in [-0.3, -0.25) is 0 Å². The molecule has 1 saturated heterocycles. The zero-order valence-corrected chi connectivity index (χ0v) is 12.2. The number of nitrogens with zero attached hydrogens (tertiary/aromatic N) is 1. The molecular weight excluding hydrogens is 262 g/mol. The van der Waals surface area contributed by atoms with Crippen molar-refractivity contribution in [1.82, 2.24) is 10.3 Å². The van der Waals surface area contributed by atoms with Crippen molar-refractivity contribution in [3.8, 4) is 0 Å². The van der Waals surface area contributed by atoms with Crippen LogP contribution in [0.5, 0.6) is 0 Å². The molecule has 106 valence electrons. The van der Waals surface area contributed by atoms with Crippen LogP contribution < -0.4 is 10.6 Å². The van der Waals surface area contributed by atoms with Gasteiger partial charge in [0.25, 0.3) is 0 Å². The van der Waals surface area contributed by atoms with Crippen LogP contribution >= 0.6 is 0 Å². The Morgan fingerprint density at radius 2 is 2.32 bits per heavy atom. The molecule has 0 aromatic carbocycles. The van der Waals surface area contributed by atoms with E-state index in [9.17, 15) is 8.42 Å². The molecule has 0 spiro atoms. The van der Waals surface area contributed by atoms with E-state index in [1.807, 2.05) is 0 Å². The molecule has 0 saturated carbocycles. The first-order valence-electron chi connectivity index (χ1n) is 6.61. The largest absolute Gasteiger partial charge is 0.381 e. The van der Waals surface area contributed by atoms with Gasteiger partial charge in [-0.2, -0.15) is 0 Å². The van der Waals surface area contributed by atoms with Gasteiger partial charge in [0.1, 0.15) is 0 Å². The Hall–Kier alpha value is -1.14. The summed E-state index contributed by atoms with van der Waals surface area (Å²) in [5, 5.41) is 6.93. The van der Waals surface area contributed by atoms with Crippen LogP contribution in [-0.4, -0.2) is 38.3 Å². The highest BCUT2D eigenvalue weighted by molar-refractivity contribution is 7.90. The predicted octanol–water partition coefficient (Wildman–Crippen LogP) is 1.43. The van der Waals surface area contributed by atoms with E-state index in [1.54, 1.807) is 12.3 Å². The predicted molar refractivity (Wildman–Crippen MR) is 76.1 cm³/mol. The van der Waals surface area contributed by atoms with E-state index in [2.05, 4.69) is 22.5 Å². The topological polar surface area (TPSA) is 71.1 Å².